The number of rotatable bonds is 2. The molecule has 0 aliphatic heterocycles. The van der Waals surface area contributed by atoms with Gasteiger partial charge in [-0.15, -0.1) is 0 Å². The van der Waals surface area contributed by atoms with Crippen LogP contribution in [0.2, 0.25) is 0 Å². The summed E-state index contributed by atoms with van der Waals surface area (Å²) in [4.78, 5) is 4.34. The van der Waals surface area contributed by atoms with Gasteiger partial charge in [-0.25, -0.2) is 0 Å². The van der Waals surface area contributed by atoms with Gasteiger partial charge in [0.15, 0.2) is 0 Å². The summed E-state index contributed by atoms with van der Waals surface area (Å²) in [6, 6.07) is 14.2. The van der Waals surface area contributed by atoms with E-state index < -0.39 is 0 Å². The molecule has 2 aromatic rings. The molecule has 0 aliphatic rings. The first-order chi connectivity index (χ1) is 7.24. The standard InChI is InChI=1S/C13H14N2/c1-10-8-13(9-11(2)14-10)15-12-6-4-3-5-7-12/h3-9H,1-2H3,(H,14,15). The average Bonchev–Trinajstić information content (AvgIpc) is 2.17. The molecule has 0 bridgehead atoms. The summed E-state index contributed by atoms with van der Waals surface area (Å²) >= 11 is 0. The summed E-state index contributed by atoms with van der Waals surface area (Å²) in [5, 5.41) is 3.35. The van der Waals surface area contributed by atoms with Crippen LogP contribution < -0.4 is 5.32 Å². The molecule has 0 amide bonds. The fourth-order valence-corrected chi connectivity index (χ4v) is 1.59. The van der Waals surface area contributed by atoms with Crippen molar-refractivity contribution in [3.8, 4) is 0 Å². The summed E-state index contributed by atoms with van der Waals surface area (Å²) in [5.74, 6) is 0. The van der Waals surface area contributed by atoms with Gasteiger partial charge in [0, 0.05) is 22.8 Å². The van der Waals surface area contributed by atoms with Gasteiger partial charge in [0.1, 0.15) is 0 Å². The van der Waals surface area contributed by atoms with Gasteiger partial charge >= 0.3 is 0 Å². The molecule has 0 atom stereocenters. The zero-order valence-corrected chi connectivity index (χ0v) is 8.99. The fraction of sp³-hybridized carbons (Fsp3) is 0.154. The highest BCUT2D eigenvalue weighted by molar-refractivity contribution is 5.59. The molecular weight excluding hydrogens is 184 g/mol. The molecule has 0 saturated heterocycles. The zero-order chi connectivity index (χ0) is 10.7. The third kappa shape index (κ3) is 2.56. The van der Waals surface area contributed by atoms with Crippen molar-refractivity contribution in [2.45, 2.75) is 13.8 Å². The lowest BCUT2D eigenvalue weighted by Crippen LogP contribution is -1.93. The molecule has 0 fully saturated rings. The van der Waals surface area contributed by atoms with Crippen LogP contribution in [0.3, 0.4) is 0 Å². The summed E-state index contributed by atoms with van der Waals surface area (Å²) in [6.07, 6.45) is 0. The third-order valence-corrected chi connectivity index (χ3v) is 2.14. The van der Waals surface area contributed by atoms with E-state index in [1.165, 1.54) is 0 Å². The first-order valence-electron chi connectivity index (χ1n) is 5.01. The molecule has 0 radical (unpaired) electrons. The second-order valence-corrected chi connectivity index (χ2v) is 3.63. The number of nitrogens with one attached hydrogen (secondary N) is 1. The van der Waals surface area contributed by atoms with Crippen LogP contribution in [-0.4, -0.2) is 4.98 Å². The van der Waals surface area contributed by atoms with Crippen LogP contribution >= 0.6 is 0 Å². The van der Waals surface area contributed by atoms with Crippen LogP contribution in [-0.2, 0) is 0 Å². The molecule has 76 valence electrons. The number of pyridine rings is 1. The maximum atomic E-state index is 4.34. The number of para-hydroxylation sites is 1. The molecule has 2 rings (SSSR count). The number of aromatic nitrogens is 1. The molecule has 1 N–H and O–H groups in total. The van der Waals surface area contributed by atoms with E-state index in [4.69, 9.17) is 0 Å². The van der Waals surface area contributed by atoms with Crippen LogP contribution in [0.4, 0.5) is 11.4 Å². The lowest BCUT2D eigenvalue weighted by atomic mass is 10.2. The number of anilines is 2. The smallest absolute Gasteiger partial charge is 0.0420 e. The van der Waals surface area contributed by atoms with Crippen LogP contribution in [0.1, 0.15) is 11.4 Å². The van der Waals surface area contributed by atoms with Crippen molar-refractivity contribution in [3.05, 3.63) is 53.9 Å². The van der Waals surface area contributed by atoms with Crippen LogP contribution in [0.5, 0.6) is 0 Å². The molecule has 1 aromatic carbocycles. The molecule has 0 saturated carbocycles. The summed E-state index contributed by atoms with van der Waals surface area (Å²) < 4.78 is 0. The quantitative estimate of drug-likeness (QED) is 0.799. The maximum Gasteiger partial charge on any atom is 0.0420 e. The van der Waals surface area contributed by atoms with Gasteiger partial charge in [-0.05, 0) is 38.1 Å². The van der Waals surface area contributed by atoms with E-state index in [1.54, 1.807) is 0 Å². The lowest BCUT2D eigenvalue weighted by Gasteiger charge is -2.07. The van der Waals surface area contributed by atoms with Gasteiger partial charge in [-0.2, -0.15) is 0 Å². The molecule has 0 unspecified atom stereocenters. The van der Waals surface area contributed by atoms with E-state index in [2.05, 4.69) is 10.3 Å². The first kappa shape index (κ1) is 9.71. The average molecular weight is 198 g/mol. The van der Waals surface area contributed by atoms with E-state index >= 15 is 0 Å². The zero-order valence-electron chi connectivity index (χ0n) is 8.99. The van der Waals surface area contributed by atoms with Gasteiger partial charge in [0.2, 0.25) is 0 Å². The Balaban J connectivity index is 2.25. The Morgan fingerprint density at radius 1 is 0.867 bits per heavy atom. The molecular formula is C13H14N2. The number of hydrogen-bond acceptors (Lipinski definition) is 2. The molecule has 2 nitrogen and oxygen atoms in total. The third-order valence-electron chi connectivity index (χ3n) is 2.14. The van der Waals surface area contributed by atoms with Crippen LogP contribution in [0.15, 0.2) is 42.5 Å². The van der Waals surface area contributed by atoms with Crippen molar-refractivity contribution in [2.75, 3.05) is 5.32 Å². The maximum absolute atomic E-state index is 4.34. The monoisotopic (exact) mass is 198 g/mol. The largest absolute Gasteiger partial charge is 0.355 e. The molecule has 1 aromatic heterocycles. The minimum Gasteiger partial charge on any atom is -0.355 e. The van der Waals surface area contributed by atoms with Crippen LogP contribution in [0.25, 0.3) is 0 Å². The Morgan fingerprint density at radius 2 is 1.47 bits per heavy atom. The first-order valence-corrected chi connectivity index (χ1v) is 5.01. The number of nitrogens with zero attached hydrogens (tertiary/aromatic N) is 1. The van der Waals surface area contributed by atoms with Crippen molar-refractivity contribution in [1.82, 2.24) is 4.98 Å². The predicted octanol–water partition coefficient (Wildman–Crippen LogP) is 3.44. The fourth-order valence-electron chi connectivity index (χ4n) is 1.59. The van der Waals surface area contributed by atoms with E-state index in [0.29, 0.717) is 0 Å². The van der Waals surface area contributed by atoms with E-state index in [0.717, 1.165) is 22.8 Å². The second-order valence-electron chi connectivity index (χ2n) is 3.63. The van der Waals surface area contributed by atoms with Gasteiger partial charge in [0.25, 0.3) is 0 Å². The van der Waals surface area contributed by atoms with Gasteiger partial charge in [-0.3, -0.25) is 4.98 Å². The number of hydrogen-bond donors (Lipinski definition) is 1. The van der Waals surface area contributed by atoms with Crippen molar-refractivity contribution < 1.29 is 0 Å². The Morgan fingerprint density at radius 3 is 2.07 bits per heavy atom. The number of aryl methyl sites for hydroxylation is 2. The van der Waals surface area contributed by atoms with Crippen molar-refractivity contribution in [3.63, 3.8) is 0 Å². The summed E-state index contributed by atoms with van der Waals surface area (Å²) in [5.41, 5.74) is 4.26. The molecule has 15 heavy (non-hydrogen) atoms. The second kappa shape index (κ2) is 4.13. The van der Waals surface area contributed by atoms with E-state index in [-0.39, 0.29) is 0 Å². The number of benzene rings is 1. The molecule has 1 heterocycles. The lowest BCUT2D eigenvalue weighted by molar-refractivity contribution is 1.12. The van der Waals surface area contributed by atoms with Gasteiger partial charge < -0.3 is 5.32 Å². The molecule has 0 spiro atoms. The Labute approximate surface area is 90.0 Å². The molecule has 2 heteroatoms. The minimum absolute atomic E-state index is 1.04. The van der Waals surface area contributed by atoms with Gasteiger partial charge in [0.05, 0.1) is 0 Å². The Bertz CT molecular complexity index is 429. The van der Waals surface area contributed by atoms with E-state index in [1.807, 2.05) is 56.3 Å². The SMILES string of the molecule is Cc1cc(Nc2ccccc2)cc(C)n1. The Kier molecular flexibility index (Phi) is 2.68. The highest BCUT2D eigenvalue weighted by Crippen LogP contribution is 2.17. The highest BCUT2D eigenvalue weighted by Gasteiger charge is 1.96. The van der Waals surface area contributed by atoms with Crippen molar-refractivity contribution >= 4 is 11.4 Å². The summed E-state index contributed by atoms with van der Waals surface area (Å²) in [7, 11) is 0. The van der Waals surface area contributed by atoms with Crippen molar-refractivity contribution in [1.29, 1.82) is 0 Å². The topological polar surface area (TPSA) is 24.9 Å². The Hall–Kier alpha value is -1.83. The highest BCUT2D eigenvalue weighted by atomic mass is 14.9. The predicted molar refractivity (Wildman–Crippen MR) is 63.4 cm³/mol. The van der Waals surface area contributed by atoms with Gasteiger partial charge in [-0.1, -0.05) is 18.2 Å². The van der Waals surface area contributed by atoms with Crippen LogP contribution in [0, 0.1) is 13.8 Å². The van der Waals surface area contributed by atoms with Crippen molar-refractivity contribution in [2.24, 2.45) is 0 Å². The molecule has 0 aliphatic carbocycles. The normalized spacial score (nSPS) is 10.0. The summed E-state index contributed by atoms with van der Waals surface area (Å²) in [6.45, 7) is 4.01. The van der Waals surface area contributed by atoms with E-state index in [9.17, 15) is 0 Å². The minimum atomic E-state index is 1.04.